The van der Waals surface area contributed by atoms with Crippen LogP contribution in [0.2, 0.25) is 18.1 Å². The van der Waals surface area contributed by atoms with Crippen LogP contribution in [0.25, 0.3) is 0 Å². The van der Waals surface area contributed by atoms with E-state index in [1.54, 1.807) is 0 Å². The molecule has 3 atom stereocenters. The standard InChI is InChI=1S/C18H38OSi/c1-9-12-18(5,6)20(7,8)19-17-13-15(4)10-11-16(17)14(2)3/h14-17H,9-13H2,1-8H3. The minimum atomic E-state index is -1.66. The summed E-state index contributed by atoms with van der Waals surface area (Å²) in [5.74, 6) is 2.37. The van der Waals surface area contributed by atoms with Crippen molar-refractivity contribution in [3.8, 4) is 0 Å². The Hall–Kier alpha value is 0.177. The Morgan fingerprint density at radius 1 is 1.20 bits per heavy atom. The highest BCUT2D eigenvalue weighted by atomic mass is 28.4. The van der Waals surface area contributed by atoms with Gasteiger partial charge in [-0.1, -0.05) is 54.4 Å². The molecular weight excluding hydrogens is 260 g/mol. The predicted octanol–water partition coefficient (Wildman–Crippen LogP) is 6.25. The summed E-state index contributed by atoms with van der Waals surface area (Å²) in [6, 6.07) is 0. The molecule has 1 rings (SSSR count). The van der Waals surface area contributed by atoms with Crippen LogP contribution in [0.1, 0.15) is 73.6 Å². The second-order valence-electron chi connectivity index (χ2n) is 8.63. The molecule has 0 aromatic rings. The lowest BCUT2D eigenvalue weighted by molar-refractivity contribution is 0.0346. The predicted molar refractivity (Wildman–Crippen MR) is 92.6 cm³/mol. The number of rotatable bonds is 6. The van der Waals surface area contributed by atoms with E-state index in [1.165, 1.54) is 32.1 Å². The smallest absolute Gasteiger partial charge is 0.192 e. The molecule has 1 saturated carbocycles. The van der Waals surface area contributed by atoms with Gasteiger partial charge in [-0.05, 0) is 55.1 Å². The first-order valence-electron chi connectivity index (χ1n) is 8.78. The van der Waals surface area contributed by atoms with E-state index in [2.05, 4.69) is 54.6 Å². The van der Waals surface area contributed by atoms with E-state index in [1.807, 2.05) is 0 Å². The maximum Gasteiger partial charge on any atom is 0.192 e. The van der Waals surface area contributed by atoms with Crippen LogP contribution in [0.15, 0.2) is 0 Å². The molecule has 0 bridgehead atoms. The SMILES string of the molecule is CCCC(C)(C)[Si](C)(C)OC1CC(C)CCC1C(C)C. The molecule has 0 aromatic heterocycles. The highest BCUT2D eigenvalue weighted by Gasteiger charge is 2.44. The molecule has 0 spiro atoms. The van der Waals surface area contributed by atoms with Crippen LogP contribution in [0.4, 0.5) is 0 Å². The number of hydrogen-bond donors (Lipinski definition) is 0. The van der Waals surface area contributed by atoms with Crippen molar-refractivity contribution in [2.45, 2.75) is 97.9 Å². The largest absolute Gasteiger partial charge is 0.414 e. The molecule has 0 N–H and O–H groups in total. The van der Waals surface area contributed by atoms with Gasteiger partial charge in [0.15, 0.2) is 8.32 Å². The summed E-state index contributed by atoms with van der Waals surface area (Å²) in [4.78, 5) is 0. The van der Waals surface area contributed by atoms with E-state index >= 15 is 0 Å². The molecule has 0 saturated heterocycles. The first kappa shape index (κ1) is 18.2. The fraction of sp³-hybridized carbons (Fsp3) is 1.00. The summed E-state index contributed by atoms with van der Waals surface area (Å²) >= 11 is 0. The first-order chi connectivity index (χ1) is 9.10. The van der Waals surface area contributed by atoms with Crippen LogP contribution in [0, 0.1) is 17.8 Å². The molecule has 1 fully saturated rings. The van der Waals surface area contributed by atoms with Crippen LogP contribution < -0.4 is 0 Å². The Balaban J connectivity index is 2.81. The Morgan fingerprint density at radius 2 is 1.80 bits per heavy atom. The summed E-state index contributed by atoms with van der Waals surface area (Å²) in [6.07, 6.45) is 7.10. The van der Waals surface area contributed by atoms with Gasteiger partial charge < -0.3 is 4.43 Å². The number of hydrogen-bond acceptors (Lipinski definition) is 1. The lowest BCUT2D eigenvalue weighted by Crippen LogP contribution is -2.49. The van der Waals surface area contributed by atoms with Crippen molar-refractivity contribution in [3.05, 3.63) is 0 Å². The first-order valence-corrected chi connectivity index (χ1v) is 11.7. The van der Waals surface area contributed by atoms with Crippen molar-refractivity contribution >= 4 is 8.32 Å². The van der Waals surface area contributed by atoms with Crippen LogP contribution in [0.3, 0.4) is 0 Å². The zero-order chi connectivity index (χ0) is 15.6. The van der Waals surface area contributed by atoms with Crippen LogP contribution >= 0.6 is 0 Å². The Bertz CT molecular complexity index is 296. The maximum absolute atomic E-state index is 6.88. The Labute approximate surface area is 129 Å². The summed E-state index contributed by atoms with van der Waals surface area (Å²) in [7, 11) is -1.66. The summed E-state index contributed by atoms with van der Waals surface area (Å²) in [6.45, 7) is 19.2. The monoisotopic (exact) mass is 298 g/mol. The lowest BCUT2D eigenvalue weighted by Gasteiger charge is -2.46. The van der Waals surface area contributed by atoms with Gasteiger partial charge in [-0.3, -0.25) is 0 Å². The second-order valence-corrected chi connectivity index (χ2v) is 13.2. The Morgan fingerprint density at radius 3 is 2.30 bits per heavy atom. The van der Waals surface area contributed by atoms with E-state index in [0.717, 1.165) is 17.8 Å². The lowest BCUT2D eigenvalue weighted by atomic mass is 9.75. The fourth-order valence-corrected chi connectivity index (χ4v) is 5.91. The van der Waals surface area contributed by atoms with E-state index in [9.17, 15) is 0 Å². The van der Waals surface area contributed by atoms with Crippen molar-refractivity contribution in [3.63, 3.8) is 0 Å². The van der Waals surface area contributed by atoms with E-state index in [4.69, 9.17) is 4.43 Å². The van der Waals surface area contributed by atoms with Gasteiger partial charge in [0.2, 0.25) is 0 Å². The zero-order valence-electron chi connectivity index (χ0n) is 15.3. The van der Waals surface area contributed by atoms with Gasteiger partial charge in [0.25, 0.3) is 0 Å². The third-order valence-corrected chi connectivity index (χ3v) is 10.3. The molecule has 0 aromatic carbocycles. The maximum atomic E-state index is 6.88. The average Bonchev–Trinajstić information content (AvgIpc) is 2.27. The molecule has 20 heavy (non-hydrogen) atoms. The van der Waals surface area contributed by atoms with Gasteiger partial charge in [0, 0.05) is 6.10 Å². The van der Waals surface area contributed by atoms with Crippen molar-refractivity contribution < 1.29 is 4.43 Å². The summed E-state index contributed by atoms with van der Waals surface area (Å²) < 4.78 is 6.88. The summed E-state index contributed by atoms with van der Waals surface area (Å²) in [5, 5.41) is 0.379. The molecule has 3 unspecified atom stereocenters. The molecule has 1 aliphatic rings. The Kier molecular flexibility index (Phi) is 6.34. The van der Waals surface area contributed by atoms with Crippen molar-refractivity contribution in [2.75, 3.05) is 0 Å². The van der Waals surface area contributed by atoms with Crippen molar-refractivity contribution in [1.29, 1.82) is 0 Å². The van der Waals surface area contributed by atoms with Crippen LogP contribution in [-0.2, 0) is 4.43 Å². The highest BCUT2D eigenvalue weighted by molar-refractivity contribution is 6.74. The zero-order valence-corrected chi connectivity index (χ0v) is 16.3. The molecule has 120 valence electrons. The van der Waals surface area contributed by atoms with Crippen molar-refractivity contribution in [1.82, 2.24) is 0 Å². The molecule has 0 amide bonds. The molecule has 0 heterocycles. The molecule has 1 nitrogen and oxygen atoms in total. The minimum absolute atomic E-state index is 0.379. The average molecular weight is 299 g/mol. The normalized spacial score (nSPS) is 28.9. The quantitative estimate of drug-likeness (QED) is 0.527. The molecule has 0 aliphatic heterocycles. The van der Waals surface area contributed by atoms with Gasteiger partial charge in [0.1, 0.15) is 0 Å². The van der Waals surface area contributed by atoms with Gasteiger partial charge in [-0.25, -0.2) is 0 Å². The van der Waals surface area contributed by atoms with E-state index in [-0.39, 0.29) is 0 Å². The van der Waals surface area contributed by atoms with Gasteiger partial charge >= 0.3 is 0 Å². The van der Waals surface area contributed by atoms with Gasteiger partial charge in [-0.15, -0.1) is 0 Å². The van der Waals surface area contributed by atoms with Gasteiger partial charge in [0.05, 0.1) is 0 Å². The second kappa shape index (κ2) is 6.96. The summed E-state index contributed by atoms with van der Waals surface area (Å²) in [5.41, 5.74) is 0. The van der Waals surface area contributed by atoms with Gasteiger partial charge in [-0.2, -0.15) is 0 Å². The molecular formula is C18H38OSi. The fourth-order valence-electron chi connectivity index (χ4n) is 3.71. The van der Waals surface area contributed by atoms with E-state index < -0.39 is 8.32 Å². The molecule has 0 radical (unpaired) electrons. The highest BCUT2D eigenvalue weighted by Crippen LogP contribution is 2.45. The third kappa shape index (κ3) is 4.33. The molecule has 1 aliphatic carbocycles. The third-order valence-electron chi connectivity index (χ3n) is 5.91. The minimum Gasteiger partial charge on any atom is -0.414 e. The van der Waals surface area contributed by atoms with Crippen LogP contribution in [-0.4, -0.2) is 14.4 Å². The topological polar surface area (TPSA) is 9.23 Å². The van der Waals surface area contributed by atoms with Crippen LogP contribution in [0.5, 0.6) is 0 Å². The van der Waals surface area contributed by atoms with E-state index in [0.29, 0.717) is 11.1 Å². The van der Waals surface area contributed by atoms with Crippen molar-refractivity contribution in [2.24, 2.45) is 17.8 Å². The molecule has 2 heteroatoms.